The minimum atomic E-state index is -0.281. The van der Waals surface area contributed by atoms with E-state index in [0.717, 1.165) is 26.7 Å². The fourth-order valence-electron chi connectivity index (χ4n) is 2.66. The third kappa shape index (κ3) is 3.59. The Hall–Kier alpha value is -3.81. The summed E-state index contributed by atoms with van der Waals surface area (Å²) in [4.78, 5) is 1.13. The maximum Gasteiger partial charge on any atom is 0.263 e. The van der Waals surface area contributed by atoms with Crippen molar-refractivity contribution in [3.8, 4) is 5.75 Å². The van der Waals surface area contributed by atoms with Gasteiger partial charge in [-0.05, 0) is 45.0 Å². The fraction of sp³-hybridized carbons (Fsp3) is 0.0526. The first kappa shape index (κ1) is 16.6. The van der Waals surface area contributed by atoms with Crippen LogP contribution in [0.15, 0.2) is 65.8 Å². The van der Waals surface area contributed by atoms with Gasteiger partial charge in [0.25, 0.3) is 5.95 Å². The number of aromatic nitrogens is 4. The summed E-state index contributed by atoms with van der Waals surface area (Å²) in [5, 5.41) is 17.0. The van der Waals surface area contributed by atoms with Crippen LogP contribution in [-0.4, -0.2) is 26.5 Å². The molecular weight excluding hydrogens is 347 g/mol. The van der Waals surface area contributed by atoms with E-state index in [-0.39, 0.29) is 11.8 Å². The lowest BCUT2D eigenvalue weighted by Crippen LogP contribution is -2.02. The highest BCUT2D eigenvalue weighted by Gasteiger charge is 2.08. The van der Waals surface area contributed by atoms with Crippen molar-refractivity contribution in [2.24, 2.45) is 5.10 Å². The first-order chi connectivity index (χ1) is 13.2. The van der Waals surface area contributed by atoms with Crippen LogP contribution >= 0.6 is 0 Å². The van der Waals surface area contributed by atoms with Crippen LogP contribution in [0.5, 0.6) is 5.75 Å². The van der Waals surface area contributed by atoms with E-state index in [4.69, 9.17) is 10.5 Å². The van der Waals surface area contributed by atoms with Crippen molar-refractivity contribution >= 4 is 22.9 Å². The molecule has 7 nitrogen and oxygen atoms in total. The van der Waals surface area contributed by atoms with E-state index in [2.05, 4.69) is 20.6 Å². The Balaban J connectivity index is 1.69. The molecule has 0 aliphatic rings. The second-order valence-electron chi connectivity index (χ2n) is 5.78. The highest BCUT2D eigenvalue weighted by Crippen LogP contribution is 2.27. The Kier molecular flexibility index (Phi) is 4.44. The van der Waals surface area contributed by atoms with Crippen LogP contribution in [0, 0.1) is 5.82 Å². The predicted molar refractivity (Wildman–Crippen MR) is 99.9 cm³/mol. The van der Waals surface area contributed by atoms with E-state index < -0.39 is 0 Å². The molecule has 0 radical (unpaired) electrons. The number of hydrogen-bond donors (Lipinski definition) is 1. The molecule has 0 aliphatic carbocycles. The summed E-state index contributed by atoms with van der Waals surface area (Å²) in [6.45, 7) is 0.298. The average molecular weight is 362 g/mol. The van der Waals surface area contributed by atoms with Gasteiger partial charge < -0.3 is 10.5 Å². The van der Waals surface area contributed by atoms with Gasteiger partial charge in [0, 0.05) is 5.56 Å². The lowest BCUT2D eigenvalue weighted by Gasteiger charge is -2.12. The summed E-state index contributed by atoms with van der Waals surface area (Å²) in [6, 6.07) is 17.9. The Morgan fingerprint density at radius 2 is 1.89 bits per heavy atom. The largest absolute Gasteiger partial charge is 0.488 e. The van der Waals surface area contributed by atoms with E-state index >= 15 is 0 Å². The quantitative estimate of drug-likeness (QED) is 0.551. The molecule has 8 heteroatoms. The van der Waals surface area contributed by atoms with Crippen LogP contribution in [0.2, 0.25) is 0 Å². The molecule has 0 unspecified atom stereocenters. The van der Waals surface area contributed by atoms with Crippen LogP contribution in [0.4, 0.5) is 10.3 Å². The van der Waals surface area contributed by atoms with Crippen LogP contribution in [0.25, 0.3) is 10.8 Å². The van der Waals surface area contributed by atoms with Gasteiger partial charge in [-0.1, -0.05) is 52.4 Å². The summed E-state index contributed by atoms with van der Waals surface area (Å²) in [5.41, 5.74) is 7.28. The molecule has 1 aromatic heterocycles. The van der Waals surface area contributed by atoms with Crippen molar-refractivity contribution in [3.63, 3.8) is 0 Å². The first-order valence-corrected chi connectivity index (χ1v) is 8.18. The molecule has 4 aromatic rings. The zero-order chi connectivity index (χ0) is 18.6. The predicted octanol–water partition coefficient (Wildman–Crippen LogP) is 3.01. The van der Waals surface area contributed by atoms with Gasteiger partial charge in [0.15, 0.2) is 0 Å². The molecule has 0 saturated heterocycles. The number of nitrogen functional groups attached to an aromatic ring is 1. The number of anilines is 1. The summed E-state index contributed by atoms with van der Waals surface area (Å²) >= 11 is 0. The second-order valence-corrected chi connectivity index (χ2v) is 5.78. The lowest BCUT2D eigenvalue weighted by atomic mass is 10.0. The third-order valence-electron chi connectivity index (χ3n) is 4.01. The standard InChI is InChI=1S/C19H15FN6O/c20-15-8-5-13(6-9-15)12-27-18-10-7-14-3-1-2-4-16(14)17(18)11-22-26-19(21)23-24-25-26/h1-11H,12H2,(H2,21,23,25)/b22-11-. The van der Waals surface area contributed by atoms with Crippen molar-refractivity contribution in [2.75, 3.05) is 5.73 Å². The van der Waals surface area contributed by atoms with Crippen molar-refractivity contribution in [1.82, 2.24) is 20.3 Å². The van der Waals surface area contributed by atoms with E-state index in [1.165, 1.54) is 12.1 Å². The van der Waals surface area contributed by atoms with Gasteiger partial charge >= 0.3 is 0 Å². The molecule has 0 fully saturated rings. The number of nitrogens with zero attached hydrogens (tertiary/aromatic N) is 5. The first-order valence-electron chi connectivity index (χ1n) is 8.18. The molecule has 0 bridgehead atoms. The van der Waals surface area contributed by atoms with E-state index in [0.29, 0.717) is 12.4 Å². The van der Waals surface area contributed by atoms with Gasteiger partial charge in [0.1, 0.15) is 18.2 Å². The SMILES string of the molecule is Nc1nnnn1/N=C\c1c(OCc2ccc(F)cc2)ccc2ccccc12. The molecule has 4 rings (SSSR count). The summed E-state index contributed by atoms with van der Waals surface area (Å²) in [5.74, 6) is 0.435. The van der Waals surface area contributed by atoms with Gasteiger partial charge in [-0.25, -0.2) is 4.39 Å². The monoisotopic (exact) mass is 362 g/mol. The Labute approximate surface area is 153 Å². The zero-order valence-electron chi connectivity index (χ0n) is 14.2. The van der Waals surface area contributed by atoms with Gasteiger partial charge in [0.2, 0.25) is 0 Å². The van der Waals surface area contributed by atoms with Crippen molar-refractivity contribution in [3.05, 3.63) is 77.6 Å². The van der Waals surface area contributed by atoms with Crippen molar-refractivity contribution in [1.29, 1.82) is 0 Å². The molecule has 0 spiro atoms. The molecule has 1 heterocycles. The number of halogens is 1. The van der Waals surface area contributed by atoms with Gasteiger partial charge in [-0.15, -0.1) is 0 Å². The Bertz CT molecular complexity index is 1110. The van der Waals surface area contributed by atoms with Crippen LogP contribution < -0.4 is 10.5 Å². The number of ether oxygens (including phenoxy) is 1. The summed E-state index contributed by atoms with van der Waals surface area (Å²) in [6.07, 6.45) is 1.61. The Morgan fingerprint density at radius 3 is 2.67 bits per heavy atom. The molecule has 27 heavy (non-hydrogen) atoms. The minimum Gasteiger partial charge on any atom is -0.488 e. The molecule has 0 atom stereocenters. The number of fused-ring (bicyclic) bond motifs is 1. The number of tetrazole rings is 1. The minimum absolute atomic E-state index is 0.0836. The molecule has 0 saturated carbocycles. The maximum atomic E-state index is 13.1. The number of rotatable bonds is 5. The van der Waals surface area contributed by atoms with Gasteiger partial charge in [0.05, 0.1) is 6.21 Å². The van der Waals surface area contributed by atoms with E-state index in [9.17, 15) is 4.39 Å². The average Bonchev–Trinajstić information content (AvgIpc) is 3.11. The highest BCUT2D eigenvalue weighted by molar-refractivity contribution is 6.02. The van der Waals surface area contributed by atoms with Crippen molar-refractivity contribution in [2.45, 2.75) is 6.61 Å². The number of nitrogens with two attached hydrogens (primary N) is 1. The topological polar surface area (TPSA) is 91.2 Å². The van der Waals surface area contributed by atoms with Gasteiger partial charge in [-0.3, -0.25) is 0 Å². The molecule has 2 N–H and O–H groups in total. The number of hydrogen-bond acceptors (Lipinski definition) is 6. The molecule has 134 valence electrons. The fourth-order valence-corrected chi connectivity index (χ4v) is 2.66. The van der Waals surface area contributed by atoms with E-state index in [1.807, 2.05) is 36.4 Å². The molecule has 0 aliphatic heterocycles. The second kappa shape index (κ2) is 7.20. The maximum absolute atomic E-state index is 13.1. The van der Waals surface area contributed by atoms with Gasteiger partial charge in [-0.2, -0.15) is 5.10 Å². The lowest BCUT2D eigenvalue weighted by molar-refractivity contribution is 0.306. The molecule has 0 amide bonds. The molecular formula is C19H15FN6O. The molecule has 3 aromatic carbocycles. The van der Waals surface area contributed by atoms with Crippen LogP contribution in [0.1, 0.15) is 11.1 Å². The smallest absolute Gasteiger partial charge is 0.263 e. The van der Waals surface area contributed by atoms with Crippen LogP contribution in [0.3, 0.4) is 0 Å². The number of benzene rings is 3. The summed E-state index contributed by atoms with van der Waals surface area (Å²) < 4.78 is 19.0. The summed E-state index contributed by atoms with van der Waals surface area (Å²) in [7, 11) is 0. The Morgan fingerprint density at radius 1 is 1.07 bits per heavy atom. The van der Waals surface area contributed by atoms with Crippen molar-refractivity contribution < 1.29 is 9.13 Å². The van der Waals surface area contributed by atoms with Crippen LogP contribution in [-0.2, 0) is 6.61 Å². The van der Waals surface area contributed by atoms with E-state index in [1.54, 1.807) is 18.3 Å². The third-order valence-corrected chi connectivity index (χ3v) is 4.01. The highest BCUT2D eigenvalue weighted by atomic mass is 19.1. The normalized spacial score (nSPS) is 11.3. The zero-order valence-corrected chi connectivity index (χ0v) is 14.2.